The van der Waals surface area contributed by atoms with Crippen LogP contribution in [0.15, 0.2) is 16.5 Å². The van der Waals surface area contributed by atoms with Crippen molar-refractivity contribution in [3.63, 3.8) is 0 Å². The zero-order chi connectivity index (χ0) is 16.6. The zero-order valence-corrected chi connectivity index (χ0v) is 13.8. The molecule has 1 aliphatic rings. The van der Waals surface area contributed by atoms with E-state index in [2.05, 4.69) is 15.5 Å². The Morgan fingerprint density at radius 2 is 2.26 bits per heavy atom. The van der Waals surface area contributed by atoms with Crippen molar-refractivity contribution in [2.24, 2.45) is 0 Å². The van der Waals surface area contributed by atoms with Gasteiger partial charge in [0.25, 0.3) is 0 Å². The third-order valence-corrected chi connectivity index (χ3v) is 4.38. The van der Waals surface area contributed by atoms with E-state index in [0.29, 0.717) is 18.0 Å². The minimum Gasteiger partial charge on any atom is -0.460 e. The molecule has 3 heterocycles. The molecule has 0 spiro atoms. The first-order chi connectivity index (χ1) is 11.0. The molecule has 2 N–H and O–H groups in total. The van der Waals surface area contributed by atoms with Crippen LogP contribution in [-0.4, -0.2) is 53.9 Å². The van der Waals surface area contributed by atoms with E-state index in [0.717, 1.165) is 23.6 Å². The van der Waals surface area contributed by atoms with E-state index >= 15 is 0 Å². The Morgan fingerprint density at radius 3 is 2.87 bits per heavy atom. The number of nitrogens with zero attached hydrogens (tertiary/aromatic N) is 2. The SMILES string of the molecule is CO[C@H]1C[C@@H](C(=O)Nc2n[nH]c(-c3ccc(C)o3)c2C)N(C)C1. The number of methoxy groups -OCH3 is 1. The fourth-order valence-electron chi connectivity index (χ4n) is 2.96. The van der Waals surface area contributed by atoms with E-state index < -0.39 is 0 Å². The molecule has 7 nitrogen and oxygen atoms in total. The minimum absolute atomic E-state index is 0.0659. The molecular formula is C16H22N4O3. The van der Waals surface area contributed by atoms with Gasteiger partial charge >= 0.3 is 0 Å². The molecule has 0 bridgehead atoms. The Labute approximate surface area is 135 Å². The number of amides is 1. The van der Waals surface area contributed by atoms with Crippen LogP contribution < -0.4 is 5.32 Å². The molecule has 7 heteroatoms. The van der Waals surface area contributed by atoms with Crippen molar-refractivity contribution in [1.82, 2.24) is 15.1 Å². The topological polar surface area (TPSA) is 83.4 Å². The van der Waals surface area contributed by atoms with Crippen LogP contribution >= 0.6 is 0 Å². The molecule has 2 aromatic rings. The van der Waals surface area contributed by atoms with E-state index in [1.54, 1.807) is 7.11 Å². The molecule has 0 aliphatic carbocycles. The van der Waals surface area contributed by atoms with Crippen molar-refractivity contribution in [3.05, 3.63) is 23.5 Å². The van der Waals surface area contributed by atoms with Crippen molar-refractivity contribution in [3.8, 4) is 11.5 Å². The Morgan fingerprint density at radius 1 is 1.48 bits per heavy atom. The third kappa shape index (κ3) is 3.02. The molecule has 1 saturated heterocycles. The fourth-order valence-corrected chi connectivity index (χ4v) is 2.96. The Bertz CT molecular complexity index is 706. The summed E-state index contributed by atoms with van der Waals surface area (Å²) in [6.45, 7) is 4.55. The number of aromatic amines is 1. The van der Waals surface area contributed by atoms with Gasteiger partial charge in [0.05, 0.1) is 12.1 Å². The van der Waals surface area contributed by atoms with Gasteiger partial charge in [0, 0.05) is 19.2 Å². The summed E-state index contributed by atoms with van der Waals surface area (Å²) in [6.07, 6.45) is 0.782. The number of carbonyl (C=O) groups excluding carboxylic acids is 1. The second-order valence-corrected chi connectivity index (χ2v) is 6.02. The van der Waals surface area contributed by atoms with Crippen molar-refractivity contribution >= 4 is 11.7 Å². The molecule has 3 rings (SSSR count). The second-order valence-electron chi connectivity index (χ2n) is 6.02. The number of H-pyrrole nitrogens is 1. The van der Waals surface area contributed by atoms with E-state index in [4.69, 9.17) is 9.15 Å². The van der Waals surface area contributed by atoms with Crippen LogP contribution in [0.2, 0.25) is 0 Å². The number of likely N-dealkylation sites (tertiary alicyclic amines) is 1. The number of ether oxygens (including phenoxy) is 1. The Kier molecular flexibility index (Phi) is 4.23. The average molecular weight is 318 g/mol. The highest BCUT2D eigenvalue weighted by molar-refractivity contribution is 5.95. The number of rotatable bonds is 4. The summed E-state index contributed by atoms with van der Waals surface area (Å²) in [7, 11) is 3.60. The summed E-state index contributed by atoms with van der Waals surface area (Å²) in [5, 5.41) is 10.0. The Hall–Kier alpha value is -2.12. The van der Waals surface area contributed by atoms with E-state index in [-0.39, 0.29) is 18.1 Å². The molecule has 23 heavy (non-hydrogen) atoms. The summed E-state index contributed by atoms with van der Waals surface area (Å²) in [6, 6.07) is 3.58. The smallest absolute Gasteiger partial charge is 0.243 e. The zero-order valence-electron chi connectivity index (χ0n) is 13.8. The van der Waals surface area contributed by atoms with Gasteiger partial charge in [-0.3, -0.25) is 14.8 Å². The summed E-state index contributed by atoms with van der Waals surface area (Å²) in [5.74, 6) is 2.01. The van der Waals surface area contributed by atoms with Gasteiger partial charge in [0.2, 0.25) is 5.91 Å². The fraction of sp³-hybridized carbons (Fsp3) is 0.500. The van der Waals surface area contributed by atoms with Gasteiger partial charge in [-0.2, -0.15) is 5.10 Å². The number of likely N-dealkylation sites (N-methyl/N-ethyl adjacent to an activating group) is 1. The predicted octanol–water partition coefficient (Wildman–Crippen LogP) is 1.94. The first-order valence-electron chi connectivity index (χ1n) is 7.65. The number of aromatic nitrogens is 2. The number of carbonyl (C=O) groups is 1. The van der Waals surface area contributed by atoms with Crippen LogP contribution in [0, 0.1) is 13.8 Å². The second kappa shape index (κ2) is 6.17. The average Bonchev–Trinajstić information content (AvgIpc) is 3.20. The number of hydrogen-bond acceptors (Lipinski definition) is 5. The molecule has 124 valence electrons. The molecular weight excluding hydrogens is 296 g/mol. The van der Waals surface area contributed by atoms with Gasteiger partial charge in [-0.1, -0.05) is 0 Å². The van der Waals surface area contributed by atoms with Crippen LogP contribution in [0.4, 0.5) is 5.82 Å². The van der Waals surface area contributed by atoms with Gasteiger partial charge in [0.15, 0.2) is 11.6 Å². The molecule has 1 aliphatic heterocycles. The summed E-state index contributed by atoms with van der Waals surface area (Å²) < 4.78 is 10.9. The van der Waals surface area contributed by atoms with Crippen molar-refractivity contribution in [2.75, 3.05) is 26.0 Å². The van der Waals surface area contributed by atoms with Crippen LogP contribution in [0.5, 0.6) is 0 Å². The van der Waals surface area contributed by atoms with Gasteiger partial charge in [0.1, 0.15) is 11.5 Å². The lowest BCUT2D eigenvalue weighted by Gasteiger charge is -2.17. The molecule has 0 aromatic carbocycles. The largest absolute Gasteiger partial charge is 0.460 e. The summed E-state index contributed by atoms with van der Waals surface area (Å²) in [5.41, 5.74) is 1.64. The molecule has 0 unspecified atom stereocenters. The van der Waals surface area contributed by atoms with Gasteiger partial charge in [-0.05, 0) is 39.4 Å². The van der Waals surface area contributed by atoms with Crippen molar-refractivity contribution < 1.29 is 13.9 Å². The van der Waals surface area contributed by atoms with Crippen LogP contribution in [-0.2, 0) is 9.53 Å². The maximum Gasteiger partial charge on any atom is 0.243 e. The lowest BCUT2D eigenvalue weighted by Crippen LogP contribution is -2.37. The van der Waals surface area contributed by atoms with Crippen LogP contribution in [0.25, 0.3) is 11.5 Å². The molecule has 1 fully saturated rings. The highest BCUT2D eigenvalue weighted by Crippen LogP contribution is 2.28. The van der Waals surface area contributed by atoms with E-state index in [1.165, 1.54) is 0 Å². The van der Waals surface area contributed by atoms with Gasteiger partial charge in [-0.15, -0.1) is 0 Å². The summed E-state index contributed by atoms with van der Waals surface area (Å²) >= 11 is 0. The van der Waals surface area contributed by atoms with Gasteiger partial charge < -0.3 is 14.5 Å². The number of nitrogens with one attached hydrogen (secondary N) is 2. The number of furan rings is 1. The van der Waals surface area contributed by atoms with Gasteiger partial charge in [-0.25, -0.2) is 0 Å². The van der Waals surface area contributed by atoms with Crippen molar-refractivity contribution in [1.29, 1.82) is 0 Å². The number of hydrogen-bond donors (Lipinski definition) is 2. The monoisotopic (exact) mass is 318 g/mol. The molecule has 2 atom stereocenters. The maximum absolute atomic E-state index is 12.5. The lowest BCUT2D eigenvalue weighted by molar-refractivity contribution is -0.120. The predicted molar refractivity (Wildman–Crippen MR) is 86.2 cm³/mol. The third-order valence-electron chi connectivity index (χ3n) is 4.38. The number of aryl methyl sites for hydroxylation is 1. The normalized spacial score (nSPS) is 21.7. The molecule has 0 radical (unpaired) electrons. The maximum atomic E-state index is 12.5. The van der Waals surface area contributed by atoms with Crippen molar-refractivity contribution in [2.45, 2.75) is 32.4 Å². The standard InChI is InChI=1S/C16H22N4O3/c1-9-5-6-13(23-9)14-10(2)15(19-18-14)17-16(21)12-7-11(22-4)8-20(12)3/h5-6,11-12H,7-8H2,1-4H3,(H2,17,18,19,21)/t11-,12-/m0/s1. The quantitative estimate of drug-likeness (QED) is 0.900. The molecule has 1 amide bonds. The first-order valence-corrected chi connectivity index (χ1v) is 7.65. The van der Waals surface area contributed by atoms with Crippen LogP contribution in [0.1, 0.15) is 17.7 Å². The Balaban J connectivity index is 1.74. The van der Waals surface area contributed by atoms with Crippen LogP contribution in [0.3, 0.4) is 0 Å². The lowest BCUT2D eigenvalue weighted by atomic mass is 10.1. The number of anilines is 1. The first kappa shape index (κ1) is 15.8. The summed E-state index contributed by atoms with van der Waals surface area (Å²) in [4.78, 5) is 14.5. The highest BCUT2D eigenvalue weighted by Gasteiger charge is 2.35. The molecule has 2 aromatic heterocycles. The minimum atomic E-state index is -0.203. The highest BCUT2D eigenvalue weighted by atomic mass is 16.5. The van der Waals surface area contributed by atoms with E-state index in [1.807, 2.05) is 37.9 Å². The van der Waals surface area contributed by atoms with E-state index in [9.17, 15) is 4.79 Å². The molecule has 0 saturated carbocycles.